The van der Waals surface area contributed by atoms with Crippen molar-refractivity contribution in [2.75, 3.05) is 6.54 Å². The summed E-state index contributed by atoms with van der Waals surface area (Å²) in [6.45, 7) is 10.2. The van der Waals surface area contributed by atoms with Gasteiger partial charge in [0.15, 0.2) is 11.5 Å². The maximum atomic E-state index is 11.9. The minimum Gasteiger partial charge on any atom is -0.388 e. The number of nitrogens with one attached hydrogen (secondary N) is 2. The molecule has 1 heterocycles. The SMILES string of the molecule is CC.CCC(C)(CCNC(=O)c1noc(CO)c1C)NP. The molecule has 0 fully saturated rings. The predicted octanol–water partition coefficient (Wildman–Crippen LogP) is 2.17. The van der Waals surface area contributed by atoms with Gasteiger partial charge in [0.1, 0.15) is 6.61 Å². The number of carbonyl (C=O) groups excluding carboxylic acids is 1. The van der Waals surface area contributed by atoms with E-state index in [0.29, 0.717) is 17.9 Å². The molecule has 3 N–H and O–H groups in total. The molecular formula is C14H28N3O3P. The Hall–Kier alpha value is -0.970. The molecule has 1 amide bonds. The van der Waals surface area contributed by atoms with Gasteiger partial charge in [-0.1, -0.05) is 35.3 Å². The van der Waals surface area contributed by atoms with Gasteiger partial charge in [0.05, 0.1) is 0 Å². The van der Waals surface area contributed by atoms with Crippen molar-refractivity contribution in [3.63, 3.8) is 0 Å². The number of nitrogens with zero attached hydrogens (tertiary/aromatic N) is 1. The van der Waals surface area contributed by atoms with Gasteiger partial charge in [-0.3, -0.25) is 9.88 Å². The van der Waals surface area contributed by atoms with Crippen molar-refractivity contribution >= 4 is 15.3 Å². The summed E-state index contributed by atoms with van der Waals surface area (Å²) in [5.41, 5.74) is 0.802. The average molecular weight is 317 g/mol. The molecule has 122 valence electrons. The minimum atomic E-state index is -0.275. The van der Waals surface area contributed by atoms with Crippen LogP contribution in [0, 0.1) is 6.92 Å². The van der Waals surface area contributed by atoms with Gasteiger partial charge in [0, 0.05) is 17.6 Å². The summed E-state index contributed by atoms with van der Waals surface area (Å²) in [5, 5.41) is 18.6. The predicted molar refractivity (Wildman–Crippen MR) is 87.0 cm³/mol. The van der Waals surface area contributed by atoms with Crippen LogP contribution in [0.4, 0.5) is 0 Å². The lowest BCUT2D eigenvalue weighted by molar-refractivity contribution is 0.0940. The Morgan fingerprint density at radius 3 is 2.52 bits per heavy atom. The van der Waals surface area contributed by atoms with Crippen LogP contribution in [0.2, 0.25) is 0 Å². The zero-order valence-electron chi connectivity index (χ0n) is 13.6. The van der Waals surface area contributed by atoms with Crippen LogP contribution >= 0.6 is 9.39 Å². The van der Waals surface area contributed by atoms with Crippen LogP contribution in [0.1, 0.15) is 62.3 Å². The molecule has 2 unspecified atom stereocenters. The Labute approximate surface area is 129 Å². The van der Waals surface area contributed by atoms with Crippen molar-refractivity contribution in [3.8, 4) is 0 Å². The highest BCUT2D eigenvalue weighted by molar-refractivity contribution is 7.13. The van der Waals surface area contributed by atoms with Gasteiger partial charge in [-0.25, -0.2) is 0 Å². The van der Waals surface area contributed by atoms with Crippen molar-refractivity contribution in [2.24, 2.45) is 0 Å². The Balaban J connectivity index is 0.00000191. The lowest BCUT2D eigenvalue weighted by Crippen LogP contribution is -2.39. The summed E-state index contributed by atoms with van der Waals surface area (Å²) >= 11 is 0. The third-order valence-electron chi connectivity index (χ3n) is 3.47. The van der Waals surface area contributed by atoms with Crippen molar-refractivity contribution in [2.45, 2.75) is 59.6 Å². The minimum absolute atomic E-state index is 0.0208. The van der Waals surface area contributed by atoms with Gasteiger partial charge < -0.3 is 14.9 Å². The molecule has 0 radical (unpaired) electrons. The van der Waals surface area contributed by atoms with E-state index in [1.54, 1.807) is 6.92 Å². The maximum Gasteiger partial charge on any atom is 0.273 e. The van der Waals surface area contributed by atoms with Gasteiger partial charge in [0.2, 0.25) is 0 Å². The van der Waals surface area contributed by atoms with Gasteiger partial charge in [-0.05, 0) is 26.7 Å². The van der Waals surface area contributed by atoms with E-state index in [0.717, 1.165) is 12.8 Å². The summed E-state index contributed by atoms with van der Waals surface area (Å²) < 4.78 is 4.88. The van der Waals surface area contributed by atoms with Gasteiger partial charge in [-0.2, -0.15) is 0 Å². The largest absolute Gasteiger partial charge is 0.388 e. The summed E-state index contributed by atoms with van der Waals surface area (Å²) in [4.78, 5) is 11.9. The van der Waals surface area contributed by atoms with Crippen LogP contribution in [0.25, 0.3) is 0 Å². The van der Waals surface area contributed by atoms with Crippen LogP contribution < -0.4 is 10.4 Å². The molecule has 0 aliphatic rings. The average Bonchev–Trinajstić information content (AvgIpc) is 2.89. The Bertz CT molecular complexity index is 431. The number of rotatable bonds is 7. The summed E-state index contributed by atoms with van der Waals surface area (Å²) in [5.74, 6) is 0.0540. The standard InChI is InChI=1S/C12H22N3O3P.C2H6/c1-4-12(3,15-19)5-6-13-11(17)10-8(2)9(7-16)18-14-10;1-2/h15-16H,4-7,19H2,1-3H3,(H,13,17);1-2H3. The first-order chi connectivity index (χ1) is 9.97. The zero-order valence-corrected chi connectivity index (χ0v) is 14.8. The third kappa shape index (κ3) is 5.73. The molecule has 1 aromatic heterocycles. The third-order valence-corrected chi connectivity index (χ3v) is 4.17. The fourth-order valence-corrected chi connectivity index (χ4v) is 1.96. The van der Waals surface area contributed by atoms with Crippen molar-refractivity contribution < 1.29 is 14.4 Å². The number of aromatic nitrogens is 1. The van der Waals surface area contributed by atoms with E-state index in [2.05, 4.69) is 38.8 Å². The quantitative estimate of drug-likeness (QED) is 0.671. The number of hydrogen-bond donors (Lipinski definition) is 3. The number of aliphatic hydroxyl groups excluding tert-OH is 1. The van der Waals surface area contributed by atoms with Crippen LogP contribution in [-0.2, 0) is 6.61 Å². The monoisotopic (exact) mass is 317 g/mol. The first-order valence-electron chi connectivity index (χ1n) is 7.29. The van der Waals surface area contributed by atoms with Gasteiger partial charge >= 0.3 is 0 Å². The number of aliphatic hydroxyl groups is 1. The zero-order chi connectivity index (χ0) is 16.5. The summed E-state index contributed by atoms with van der Waals surface area (Å²) in [6, 6.07) is 0. The molecule has 0 aliphatic carbocycles. The fourth-order valence-electron chi connectivity index (χ4n) is 1.62. The molecule has 0 saturated carbocycles. The molecule has 6 nitrogen and oxygen atoms in total. The molecule has 0 saturated heterocycles. The molecule has 21 heavy (non-hydrogen) atoms. The molecular weight excluding hydrogens is 289 g/mol. The first-order valence-corrected chi connectivity index (χ1v) is 7.87. The first kappa shape index (κ1) is 20.0. The van der Waals surface area contributed by atoms with E-state index in [4.69, 9.17) is 9.63 Å². The molecule has 0 bridgehead atoms. The number of hydrogen-bond acceptors (Lipinski definition) is 5. The van der Waals surface area contributed by atoms with E-state index in [1.807, 2.05) is 13.8 Å². The molecule has 1 rings (SSSR count). The second-order valence-electron chi connectivity index (χ2n) is 4.80. The van der Waals surface area contributed by atoms with E-state index < -0.39 is 0 Å². The second-order valence-corrected chi connectivity index (χ2v) is 5.09. The Morgan fingerprint density at radius 2 is 2.10 bits per heavy atom. The lowest BCUT2D eigenvalue weighted by atomic mass is 9.96. The maximum absolute atomic E-state index is 11.9. The molecule has 0 aliphatic heterocycles. The second kappa shape index (κ2) is 9.87. The van der Waals surface area contributed by atoms with Crippen molar-refractivity contribution in [3.05, 3.63) is 17.0 Å². The Morgan fingerprint density at radius 1 is 1.48 bits per heavy atom. The van der Waals surface area contributed by atoms with E-state index >= 15 is 0 Å². The molecule has 2 atom stereocenters. The molecule has 7 heteroatoms. The van der Waals surface area contributed by atoms with Gasteiger partial charge in [0.25, 0.3) is 5.91 Å². The topological polar surface area (TPSA) is 87.4 Å². The normalized spacial score (nSPS) is 13.1. The van der Waals surface area contributed by atoms with Gasteiger partial charge in [-0.15, -0.1) is 0 Å². The summed E-state index contributed by atoms with van der Waals surface area (Å²) in [6.07, 6.45) is 1.77. The van der Waals surface area contributed by atoms with Crippen LogP contribution in [0.15, 0.2) is 4.52 Å². The smallest absolute Gasteiger partial charge is 0.273 e. The highest BCUT2D eigenvalue weighted by Crippen LogP contribution is 2.16. The summed E-state index contributed by atoms with van der Waals surface area (Å²) in [7, 11) is 2.51. The van der Waals surface area contributed by atoms with Crippen molar-refractivity contribution in [1.29, 1.82) is 0 Å². The molecule has 0 spiro atoms. The van der Waals surface area contributed by atoms with Crippen molar-refractivity contribution in [1.82, 2.24) is 15.6 Å². The van der Waals surface area contributed by atoms with E-state index in [1.165, 1.54) is 0 Å². The highest BCUT2D eigenvalue weighted by Gasteiger charge is 2.21. The lowest BCUT2D eigenvalue weighted by Gasteiger charge is -2.27. The Kier molecular flexibility index (Phi) is 9.42. The highest BCUT2D eigenvalue weighted by atomic mass is 31.0. The molecule has 0 aromatic carbocycles. The number of amides is 1. The van der Waals surface area contributed by atoms with Crippen LogP contribution in [0.5, 0.6) is 0 Å². The van der Waals surface area contributed by atoms with E-state index in [-0.39, 0.29) is 23.7 Å². The van der Waals surface area contributed by atoms with Crippen LogP contribution in [0.3, 0.4) is 0 Å². The molecule has 1 aromatic rings. The fraction of sp³-hybridized carbons (Fsp3) is 0.714. The number of carbonyl (C=O) groups is 1. The van der Waals surface area contributed by atoms with Crippen LogP contribution in [-0.4, -0.2) is 28.3 Å². The van der Waals surface area contributed by atoms with E-state index in [9.17, 15) is 4.79 Å².